The molecule has 1 aliphatic carbocycles. The maximum absolute atomic E-state index is 12.9. The Hall–Kier alpha value is -2.14. The predicted octanol–water partition coefficient (Wildman–Crippen LogP) is 2.17. The fourth-order valence-corrected chi connectivity index (χ4v) is 4.24. The van der Waals surface area contributed by atoms with Gasteiger partial charge in [0.1, 0.15) is 5.69 Å². The Morgan fingerprint density at radius 1 is 1.08 bits per heavy atom. The lowest BCUT2D eigenvalue weighted by Gasteiger charge is -2.38. The third-order valence-corrected chi connectivity index (χ3v) is 5.61. The number of carbonyl (C=O) groups excluding carboxylic acids is 1. The van der Waals surface area contributed by atoms with Gasteiger partial charge in [0.05, 0.1) is 17.8 Å². The maximum Gasteiger partial charge on any atom is 0.270 e. The standard InChI is InChI=1S/C19H22N4O/c24-19-16-5-3-9-22(16)17-12-21(11-15-4-1-2-8-20-15)13-18(17)23(19)10-14-6-7-14/h1-5,8-9,14,17-18H,6-7,10-13H2. The summed E-state index contributed by atoms with van der Waals surface area (Å²) in [6.45, 7) is 3.72. The number of amides is 1. The molecule has 0 spiro atoms. The molecule has 4 heterocycles. The number of carbonyl (C=O) groups is 1. The molecule has 2 aromatic rings. The highest BCUT2D eigenvalue weighted by Gasteiger charge is 2.46. The van der Waals surface area contributed by atoms with Gasteiger partial charge in [-0.05, 0) is 43.0 Å². The lowest BCUT2D eigenvalue weighted by atomic mass is 10.1. The molecule has 5 heteroatoms. The first-order valence-corrected chi connectivity index (χ1v) is 8.89. The van der Waals surface area contributed by atoms with Crippen molar-refractivity contribution in [2.75, 3.05) is 19.6 Å². The number of hydrogen-bond donors (Lipinski definition) is 0. The Balaban J connectivity index is 1.42. The topological polar surface area (TPSA) is 41.4 Å². The third kappa shape index (κ3) is 2.35. The highest BCUT2D eigenvalue weighted by atomic mass is 16.2. The van der Waals surface area contributed by atoms with Crippen LogP contribution in [0.5, 0.6) is 0 Å². The van der Waals surface area contributed by atoms with Crippen LogP contribution >= 0.6 is 0 Å². The fourth-order valence-electron chi connectivity index (χ4n) is 4.24. The van der Waals surface area contributed by atoms with E-state index in [0.717, 1.165) is 43.5 Å². The van der Waals surface area contributed by atoms with E-state index < -0.39 is 0 Å². The molecule has 2 fully saturated rings. The molecule has 2 aromatic heterocycles. The average molecular weight is 322 g/mol. The number of rotatable bonds is 4. The third-order valence-electron chi connectivity index (χ3n) is 5.61. The summed E-state index contributed by atoms with van der Waals surface area (Å²) in [6.07, 6.45) is 6.48. The fraction of sp³-hybridized carbons (Fsp3) is 0.474. The van der Waals surface area contributed by atoms with Gasteiger partial charge in [0.15, 0.2) is 0 Å². The number of aromatic nitrogens is 2. The van der Waals surface area contributed by atoms with Crippen molar-refractivity contribution < 1.29 is 4.79 Å². The molecule has 3 aliphatic rings. The first-order chi connectivity index (χ1) is 11.8. The molecule has 1 saturated heterocycles. The number of pyridine rings is 1. The molecule has 2 atom stereocenters. The highest BCUT2D eigenvalue weighted by Crippen LogP contribution is 2.38. The van der Waals surface area contributed by atoms with Gasteiger partial charge in [0.25, 0.3) is 5.91 Å². The van der Waals surface area contributed by atoms with Crippen LogP contribution in [-0.4, -0.2) is 50.9 Å². The Kier molecular flexibility index (Phi) is 3.23. The van der Waals surface area contributed by atoms with Gasteiger partial charge in [0.2, 0.25) is 0 Å². The minimum Gasteiger partial charge on any atom is -0.337 e. The molecule has 24 heavy (non-hydrogen) atoms. The summed E-state index contributed by atoms with van der Waals surface area (Å²) in [5.41, 5.74) is 1.96. The summed E-state index contributed by atoms with van der Waals surface area (Å²) in [4.78, 5) is 22.0. The molecule has 2 unspecified atom stereocenters. The summed E-state index contributed by atoms with van der Waals surface area (Å²) < 4.78 is 2.20. The summed E-state index contributed by atoms with van der Waals surface area (Å²) in [5.74, 6) is 0.939. The lowest BCUT2D eigenvalue weighted by molar-refractivity contribution is 0.0565. The van der Waals surface area contributed by atoms with Crippen molar-refractivity contribution in [3.63, 3.8) is 0 Å². The van der Waals surface area contributed by atoms with Crippen molar-refractivity contribution >= 4 is 5.91 Å². The van der Waals surface area contributed by atoms with E-state index in [2.05, 4.69) is 31.6 Å². The molecule has 0 radical (unpaired) electrons. The van der Waals surface area contributed by atoms with Crippen LogP contribution in [0.4, 0.5) is 0 Å². The molecular formula is C19H22N4O. The first kappa shape index (κ1) is 14.2. The Morgan fingerprint density at radius 2 is 1.96 bits per heavy atom. The maximum atomic E-state index is 12.9. The Morgan fingerprint density at radius 3 is 2.75 bits per heavy atom. The lowest BCUT2D eigenvalue weighted by Crippen LogP contribution is -2.51. The highest BCUT2D eigenvalue weighted by molar-refractivity contribution is 5.94. The normalized spacial score (nSPS) is 26.5. The summed E-state index contributed by atoms with van der Waals surface area (Å²) in [7, 11) is 0. The smallest absolute Gasteiger partial charge is 0.270 e. The second-order valence-electron chi connectivity index (χ2n) is 7.35. The minimum atomic E-state index is 0.216. The van der Waals surface area contributed by atoms with Crippen LogP contribution in [0.1, 0.15) is 35.1 Å². The van der Waals surface area contributed by atoms with E-state index in [9.17, 15) is 4.79 Å². The van der Waals surface area contributed by atoms with Crippen molar-refractivity contribution in [1.82, 2.24) is 19.4 Å². The average Bonchev–Trinajstić information content (AvgIpc) is 3.11. The van der Waals surface area contributed by atoms with Crippen molar-refractivity contribution in [2.24, 2.45) is 5.92 Å². The number of fused-ring (bicyclic) bond motifs is 3. The summed E-state index contributed by atoms with van der Waals surface area (Å²) in [6, 6.07) is 10.7. The van der Waals surface area contributed by atoms with Gasteiger partial charge in [-0.15, -0.1) is 0 Å². The van der Waals surface area contributed by atoms with Crippen LogP contribution in [0, 0.1) is 5.92 Å². The SMILES string of the molecule is O=C1c2cccn2C2CN(Cc3ccccn3)CC2N1CC1CC1. The van der Waals surface area contributed by atoms with Crippen molar-refractivity contribution in [2.45, 2.75) is 31.5 Å². The monoisotopic (exact) mass is 322 g/mol. The first-order valence-electron chi connectivity index (χ1n) is 8.89. The van der Waals surface area contributed by atoms with Crippen molar-refractivity contribution in [3.8, 4) is 0 Å². The molecule has 1 amide bonds. The molecule has 124 valence electrons. The predicted molar refractivity (Wildman–Crippen MR) is 90.5 cm³/mol. The molecule has 5 nitrogen and oxygen atoms in total. The minimum absolute atomic E-state index is 0.216. The van der Waals surface area contributed by atoms with Gasteiger partial charge in [0, 0.05) is 38.6 Å². The zero-order valence-corrected chi connectivity index (χ0v) is 13.7. The van der Waals surface area contributed by atoms with Crippen LogP contribution in [0.3, 0.4) is 0 Å². The van der Waals surface area contributed by atoms with Crippen LogP contribution in [0.15, 0.2) is 42.7 Å². The van der Waals surface area contributed by atoms with Crippen LogP contribution < -0.4 is 0 Å². The van der Waals surface area contributed by atoms with Gasteiger partial charge in [-0.2, -0.15) is 0 Å². The second kappa shape index (κ2) is 5.45. The van der Waals surface area contributed by atoms with Crippen LogP contribution in [0.25, 0.3) is 0 Å². The molecule has 0 bridgehead atoms. The molecule has 0 aromatic carbocycles. The van der Waals surface area contributed by atoms with E-state index >= 15 is 0 Å². The van der Waals surface area contributed by atoms with Gasteiger partial charge >= 0.3 is 0 Å². The van der Waals surface area contributed by atoms with E-state index in [4.69, 9.17) is 0 Å². The van der Waals surface area contributed by atoms with Gasteiger partial charge in [-0.3, -0.25) is 14.7 Å². The van der Waals surface area contributed by atoms with Crippen LogP contribution in [-0.2, 0) is 6.54 Å². The van der Waals surface area contributed by atoms with Gasteiger partial charge < -0.3 is 9.47 Å². The van der Waals surface area contributed by atoms with Crippen molar-refractivity contribution in [1.29, 1.82) is 0 Å². The van der Waals surface area contributed by atoms with Gasteiger partial charge in [-0.25, -0.2) is 0 Å². The van der Waals surface area contributed by atoms with Crippen LogP contribution in [0.2, 0.25) is 0 Å². The van der Waals surface area contributed by atoms with Crippen molar-refractivity contribution in [3.05, 3.63) is 54.1 Å². The van der Waals surface area contributed by atoms with E-state index in [-0.39, 0.29) is 5.91 Å². The summed E-state index contributed by atoms with van der Waals surface area (Å²) >= 11 is 0. The molecule has 0 N–H and O–H groups in total. The zero-order chi connectivity index (χ0) is 16.1. The molecule has 5 rings (SSSR count). The zero-order valence-electron chi connectivity index (χ0n) is 13.7. The van der Waals surface area contributed by atoms with E-state index in [1.807, 2.05) is 30.5 Å². The van der Waals surface area contributed by atoms with Gasteiger partial charge in [-0.1, -0.05) is 6.07 Å². The molecule has 2 aliphatic heterocycles. The molecular weight excluding hydrogens is 300 g/mol. The largest absolute Gasteiger partial charge is 0.337 e. The van der Waals surface area contributed by atoms with E-state index in [1.54, 1.807) is 0 Å². The Labute approximate surface area is 141 Å². The number of nitrogens with zero attached hydrogens (tertiary/aromatic N) is 4. The summed E-state index contributed by atoms with van der Waals surface area (Å²) in [5, 5.41) is 0. The number of hydrogen-bond acceptors (Lipinski definition) is 3. The molecule has 1 saturated carbocycles. The Bertz CT molecular complexity index is 752. The van der Waals surface area contributed by atoms with E-state index in [0.29, 0.717) is 12.1 Å². The quantitative estimate of drug-likeness (QED) is 0.866. The second-order valence-corrected chi connectivity index (χ2v) is 7.35. The van der Waals surface area contributed by atoms with E-state index in [1.165, 1.54) is 12.8 Å². The number of likely N-dealkylation sites (tertiary alicyclic amines) is 1.